The molecule has 32 heavy (non-hydrogen) atoms. The maximum Gasteiger partial charge on any atom is 0.230 e. The first kappa shape index (κ1) is 22.2. The van der Waals surface area contributed by atoms with Gasteiger partial charge in [-0.1, -0.05) is 61.0 Å². The number of methoxy groups -OCH3 is 2. The quantitative estimate of drug-likeness (QED) is 0.461. The molecular formula is C27H28ClNO3. The van der Waals surface area contributed by atoms with E-state index in [1.807, 2.05) is 71.6 Å². The van der Waals surface area contributed by atoms with Gasteiger partial charge in [0.25, 0.3) is 0 Å². The van der Waals surface area contributed by atoms with Crippen molar-refractivity contribution in [1.82, 2.24) is 4.90 Å². The number of amides is 1. The van der Waals surface area contributed by atoms with Gasteiger partial charge in [-0.05, 0) is 59.4 Å². The van der Waals surface area contributed by atoms with Crippen LogP contribution in [0.1, 0.15) is 47.6 Å². The maximum atomic E-state index is 13.9. The molecule has 0 saturated carbocycles. The molecular weight excluding hydrogens is 422 g/mol. The summed E-state index contributed by atoms with van der Waals surface area (Å²) in [6.07, 6.45) is 1.49. The van der Waals surface area contributed by atoms with E-state index in [9.17, 15) is 4.79 Å². The minimum absolute atomic E-state index is 0.129. The Bertz CT molecular complexity index is 1100. The van der Waals surface area contributed by atoms with Crippen LogP contribution in [0.2, 0.25) is 5.02 Å². The van der Waals surface area contributed by atoms with Crippen molar-refractivity contribution in [1.29, 1.82) is 0 Å². The highest BCUT2D eigenvalue weighted by atomic mass is 35.5. The van der Waals surface area contributed by atoms with E-state index in [1.54, 1.807) is 14.2 Å². The van der Waals surface area contributed by atoms with Crippen molar-refractivity contribution in [2.75, 3.05) is 20.8 Å². The molecule has 5 heteroatoms. The van der Waals surface area contributed by atoms with Gasteiger partial charge in [0.15, 0.2) is 11.5 Å². The van der Waals surface area contributed by atoms with Crippen molar-refractivity contribution in [2.45, 2.75) is 31.7 Å². The molecule has 2 atom stereocenters. The predicted molar refractivity (Wildman–Crippen MR) is 128 cm³/mol. The van der Waals surface area contributed by atoms with Gasteiger partial charge < -0.3 is 14.4 Å². The van der Waals surface area contributed by atoms with E-state index in [0.29, 0.717) is 23.1 Å². The van der Waals surface area contributed by atoms with Crippen molar-refractivity contribution >= 4 is 17.5 Å². The number of fused-ring (bicyclic) bond motifs is 1. The van der Waals surface area contributed by atoms with Crippen LogP contribution in [0.3, 0.4) is 0 Å². The first-order chi connectivity index (χ1) is 15.6. The lowest BCUT2D eigenvalue weighted by molar-refractivity contribution is -0.135. The molecule has 0 radical (unpaired) electrons. The molecule has 0 aromatic heterocycles. The number of hydrogen-bond acceptors (Lipinski definition) is 3. The molecule has 1 amide bonds. The number of halogens is 1. The topological polar surface area (TPSA) is 38.8 Å². The van der Waals surface area contributed by atoms with E-state index in [0.717, 1.165) is 35.1 Å². The van der Waals surface area contributed by atoms with E-state index in [4.69, 9.17) is 21.1 Å². The number of rotatable bonds is 6. The Kier molecular flexibility index (Phi) is 6.71. The SMILES string of the molecule is CCC(C(=O)N1CCc2cc(OC)c(OC)cc2C1c1cccc(Cl)c1)c1ccccc1. The van der Waals surface area contributed by atoms with Crippen molar-refractivity contribution in [3.63, 3.8) is 0 Å². The lowest BCUT2D eigenvalue weighted by atomic mass is 9.85. The van der Waals surface area contributed by atoms with Gasteiger partial charge >= 0.3 is 0 Å². The molecule has 0 N–H and O–H groups in total. The smallest absolute Gasteiger partial charge is 0.230 e. The van der Waals surface area contributed by atoms with Gasteiger partial charge in [0, 0.05) is 11.6 Å². The molecule has 0 spiro atoms. The van der Waals surface area contributed by atoms with E-state index in [2.05, 4.69) is 6.92 Å². The summed E-state index contributed by atoms with van der Waals surface area (Å²) >= 11 is 6.36. The highest BCUT2D eigenvalue weighted by Gasteiger charge is 2.36. The third kappa shape index (κ3) is 4.20. The van der Waals surface area contributed by atoms with Crippen molar-refractivity contribution in [3.8, 4) is 11.5 Å². The molecule has 1 aliphatic rings. The number of ether oxygens (including phenoxy) is 2. The van der Waals surface area contributed by atoms with Crippen molar-refractivity contribution < 1.29 is 14.3 Å². The van der Waals surface area contributed by atoms with Crippen LogP contribution in [0.25, 0.3) is 0 Å². The lowest BCUT2D eigenvalue weighted by Crippen LogP contribution is -2.43. The molecule has 0 fully saturated rings. The lowest BCUT2D eigenvalue weighted by Gasteiger charge is -2.40. The number of carbonyl (C=O) groups is 1. The molecule has 2 unspecified atom stereocenters. The summed E-state index contributed by atoms with van der Waals surface area (Å²) in [4.78, 5) is 15.9. The highest BCUT2D eigenvalue weighted by Crippen LogP contribution is 2.42. The average molecular weight is 450 g/mol. The molecule has 1 heterocycles. The molecule has 166 valence electrons. The van der Waals surface area contributed by atoms with Crippen molar-refractivity contribution in [3.05, 3.63) is 94.0 Å². The van der Waals surface area contributed by atoms with Crippen LogP contribution in [-0.2, 0) is 11.2 Å². The van der Waals surface area contributed by atoms with E-state index in [1.165, 1.54) is 0 Å². The van der Waals surface area contributed by atoms with Gasteiger partial charge in [0.05, 0.1) is 26.2 Å². The number of nitrogens with zero attached hydrogens (tertiary/aromatic N) is 1. The molecule has 1 aliphatic heterocycles. The molecule has 3 aromatic carbocycles. The first-order valence-corrected chi connectivity index (χ1v) is 11.3. The number of hydrogen-bond donors (Lipinski definition) is 0. The molecule has 0 bridgehead atoms. The van der Waals surface area contributed by atoms with Crippen LogP contribution in [0.5, 0.6) is 11.5 Å². The fraction of sp³-hybridized carbons (Fsp3) is 0.296. The first-order valence-electron chi connectivity index (χ1n) is 10.9. The van der Waals surface area contributed by atoms with E-state index >= 15 is 0 Å². The van der Waals surface area contributed by atoms with Crippen LogP contribution in [-0.4, -0.2) is 31.6 Å². The van der Waals surface area contributed by atoms with Crippen LogP contribution >= 0.6 is 11.6 Å². The summed E-state index contributed by atoms with van der Waals surface area (Å²) in [5.74, 6) is 1.29. The molecule has 0 saturated heterocycles. The summed E-state index contributed by atoms with van der Waals surface area (Å²) in [6.45, 7) is 2.69. The van der Waals surface area contributed by atoms with Gasteiger partial charge in [-0.2, -0.15) is 0 Å². The minimum atomic E-state index is -0.248. The normalized spacial score (nSPS) is 16.2. The Morgan fingerprint density at radius 1 is 1.03 bits per heavy atom. The maximum absolute atomic E-state index is 13.9. The van der Waals surface area contributed by atoms with Crippen LogP contribution in [0, 0.1) is 0 Å². The minimum Gasteiger partial charge on any atom is -0.493 e. The van der Waals surface area contributed by atoms with Gasteiger partial charge in [-0.25, -0.2) is 0 Å². The molecule has 4 rings (SSSR count). The Balaban J connectivity index is 1.83. The highest BCUT2D eigenvalue weighted by molar-refractivity contribution is 6.30. The monoisotopic (exact) mass is 449 g/mol. The largest absolute Gasteiger partial charge is 0.493 e. The Morgan fingerprint density at radius 3 is 2.41 bits per heavy atom. The van der Waals surface area contributed by atoms with Gasteiger partial charge in [0.2, 0.25) is 5.91 Å². The van der Waals surface area contributed by atoms with Crippen LogP contribution < -0.4 is 9.47 Å². The van der Waals surface area contributed by atoms with Crippen LogP contribution in [0.4, 0.5) is 0 Å². The third-order valence-electron chi connectivity index (χ3n) is 6.23. The molecule has 3 aromatic rings. The standard InChI is InChI=1S/C27H28ClNO3/c1-4-22(18-9-6-5-7-10-18)27(30)29-14-13-19-16-24(31-2)25(32-3)17-23(19)26(29)20-11-8-12-21(28)15-20/h5-12,15-17,22,26H,4,13-14H2,1-3H3. The summed E-state index contributed by atoms with van der Waals surface area (Å²) in [5, 5.41) is 0.651. The second-order valence-electron chi connectivity index (χ2n) is 8.02. The zero-order chi connectivity index (χ0) is 22.7. The van der Waals surface area contributed by atoms with Gasteiger partial charge in [-0.3, -0.25) is 4.79 Å². The summed E-state index contributed by atoms with van der Waals surface area (Å²) in [6, 6.07) is 21.6. The molecule has 4 nitrogen and oxygen atoms in total. The van der Waals surface area contributed by atoms with E-state index < -0.39 is 0 Å². The third-order valence-corrected chi connectivity index (χ3v) is 6.46. The van der Waals surface area contributed by atoms with Crippen molar-refractivity contribution in [2.24, 2.45) is 0 Å². The van der Waals surface area contributed by atoms with Gasteiger partial charge in [0.1, 0.15) is 0 Å². The van der Waals surface area contributed by atoms with E-state index in [-0.39, 0.29) is 17.9 Å². The zero-order valence-corrected chi connectivity index (χ0v) is 19.4. The molecule has 0 aliphatic carbocycles. The predicted octanol–water partition coefficient (Wildman–Crippen LogP) is 6.03. The van der Waals surface area contributed by atoms with Gasteiger partial charge in [-0.15, -0.1) is 0 Å². The average Bonchev–Trinajstić information content (AvgIpc) is 2.83. The summed E-state index contributed by atoms with van der Waals surface area (Å²) in [7, 11) is 3.27. The Morgan fingerprint density at radius 2 is 1.75 bits per heavy atom. The number of carbonyl (C=O) groups excluding carboxylic acids is 1. The Hall–Kier alpha value is -2.98. The Labute approximate surface area is 194 Å². The summed E-state index contributed by atoms with van der Waals surface area (Å²) in [5.41, 5.74) is 4.24. The summed E-state index contributed by atoms with van der Waals surface area (Å²) < 4.78 is 11.1. The fourth-order valence-corrected chi connectivity index (χ4v) is 4.86. The fourth-order valence-electron chi connectivity index (χ4n) is 4.66. The second kappa shape index (κ2) is 9.66. The second-order valence-corrected chi connectivity index (χ2v) is 8.45. The van der Waals surface area contributed by atoms with Crippen LogP contribution in [0.15, 0.2) is 66.7 Å². The zero-order valence-electron chi connectivity index (χ0n) is 18.7. The number of benzene rings is 3.